The van der Waals surface area contributed by atoms with Crippen LogP contribution in [0.5, 0.6) is 0 Å². The SMILES string of the molecule is COC(=O)c1nnc(-n2ccnc2)s1. The summed E-state index contributed by atoms with van der Waals surface area (Å²) in [5, 5.41) is 8.33. The van der Waals surface area contributed by atoms with Gasteiger partial charge < -0.3 is 4.74 Å². The van der Waals surface area contributed by atoms with E-state index in [-0.39, 0.29) is 5.01 Å². The van der Waals surface area contributed by atoms with Crippen molar-refractivity contribution < 1.29 is 9.53 Å². The highest BCUT2D eigenvalue weighted by Gasteiger charge is 2.13. The van der Waals surface area contributed by atoms with E-state index in [0.29, 0.717) is 5.13 Å². The topological polar surface area (TPSA) is 69.9 Å². The maximum absolute atomic E-state index is 11.1. The van der Waals surface area contributed by atoms with Gasteiger partial charge in [-0.25, -0.2) is 9.78 Å². The Balaban J connectivity index is 2.31. The number of carbonyl (C=O) groups is 1. The Morgan fingerprint density at radius 3 is 3.07 bits per heavy atom. The normalized spacial score (nSPS) is 10.1. The Bertz CT molecular complexity index is 436. The molecule has 0 bridgehead atoms. The van der Waals surface area contributed by atoms with Gasteiger partial charge in [-0.2, -0.15) is 0 Å². The van der Waals surface area contributed by atoms with Crippen molar-refractivity contribution in [2.45, 2.75) is 0 Å². The van der Waals surface area contributed by atoms with Crippen molar-refractivity contribution in [1.82, 2.24) is 19.7 Å². The number of hydrogen-bond donors (Lipinski definition) is 0. The second kappa shape index (κ2) is 3.54. The lowest BCUT2D eigenvalue weighted by atomic mass is 10.7. The van der Waals surface area contributed by atoms with Crippen LogP contribution in [0.1, 0.15) is 9.80 Å². The Labute approximate surface area is 83.2 Å². The van der Waals surface area contributed by atoms with Gasteiger partial charge in [0, 0.05) is 12.4 Å². The van der Waals surface area contributed by atoms with Crippen molar-refractivity contribution in [3.63, 3.8) is 0 Å². The highest BCUT2D eigenvalue weighted by molar-refractivity contribution is 7.15. The van der Waals surface area contributed by atoms with Crippen LogP contribution in [-0.2, 0) is 4.74 Å². The standard InChI is InChI=1S/C7H6N4O2S/c1-13-6(12)5-9-10-7(14-5)11-3-2-8-4-11/h2-4H,1H3. The van der Waals surface area contributed by atoms with Crippen LogP contribution in [0.2, 0.25) is 0 Å². The molecule has 0 fully saturated rings. The average Bonchev–Trinajstić information content (AvgIpc) is 2.86. The lowest BCUT2D eigenvalue weighted by molar-refractivity contribution is 0.0599. The summed E-state index contributed by atoms with van der Waals surface area (Å²) >= 11 is 1.15. The first kappa shape index (κ1) is 8.82. The molecule has 6 nitrogen and oxygen atoms in total. The van der Waals surface area contributed by atoms with E-state index >= 15 is 0 Å². The molecule has 0 amide bonds. The van der Waals surface area contributed by atoms with Crippen LogP contribution in [0.25, 0.3) is 5.13 Å². The van der Waals surface area contributed by atoms with Crippen molar-refractivity contribution in [3.8, 4) is 5.13 Å². The minimum atomic E-state index is -0.478. The van der Waals surface area contributed by atoms with Gasteiger partial charge in [-0.3, -0.25) is 4.57 Å². The number of imidazole rings is 1. The van der Waals surface area contributed by atoms with E-state index in [4.69, 9.17) is 0 Å². The molecular formula is C7H6N4O2S. The molecule has 2 aromatic heterocycles. The summed E-state index contributed by atoms with van der Waals surface area (Å²) in [6.07, 6.45) is 4.93. The molecule has 0 aliphatic rings. The van der Waals surface area contributed by atoms with Crippen molar-refractivity contribution >= 4 is 17.3 Å². The summed E-state index contributed by atoms with van der Waals surface area (Å²) in [4.78, 5) is 14.9. The fraction of sp³-hybridized carbons (Fsp3) is 0.143. The molecule has 0 radical (unpaired) electrons. The number of esters is 1. The molecule has 7 heteroatoms. The van der Waals surface area contributed by atoms with Crippen molar-refractivity contribution in [2.24, 2.45) is 0 Å². The van der Waals surface area contributed by atoms with Crippen LogP contribution < -0.4 is 0 Å². The highest BCUT2D eigenvalue weighted by Crippen LogP contribution is 2.14. The minimum Gasteiger partial charge on any atom is -0.464 e. The molecule has 0 N–H and O–H groups in total. The maximum atomic E-state index is 11.1. The van der Waals surface area contributed by atoms with Gasteiger partial charge in [-0.05, 0) is 0 Å². The summed E-state index contributed by atoms with van der Waals surface area (Å²) < 4.78 is 6.18. The van der Waals surface area contributed by atoms with Gasteiger partial charge >= 0.3 is 5.97 Å². The van der Waals surface area contributed by atoms with E-state index < -0.39 is 5.97 Å². The molecule has 0 aromatic carbocycles. The van der Waals surface area contributed by atoms with Gasteiger partial charge in [-0.1, -0.05) is 11.3 Å². The molecule has 0 saturated carbocycles. The zero-order chi connectivity index (χ0) is 9.97. The van der Waals surface area contributed by atoms with Crippen LogP contribution in [-0.4, -0.2) is 32.8 Å². The van der Waals surface area contributed by atoms with E-state index in [2.05, 4.69) is 19.9 Å². The zero-order valence-electron chi connectivity index (χ0n) is 7.25. The Morgan fingerprint density at radius 2 is 2.43 bits per heavy atom. The Kier molecular flexibility index (Phi) is 2.23. The van der Waals surface area contributed by atoms with E-state index in [0.717, 1.165) is 11.3 Å². The lowest BCUT2D eigenvalue weighted by Gasteiger charge is -1.90. The molecule has 0 saturated heterocycles. The third kappa shape index (κ3) is 1.49. The Morgan fingerprint density at radius 1 is 1.57 bits per heavy atom. The van der Waals surface area contributed by atoms with Crippen molar-refractivity contribution in [2.75, 3.05) is 7.11 Å². The van der Waals surface area contributed by atoms with E-state index in [1.165, 1.54) is 7.11 Å². The molecule has 2 rings (SSSR count). The van der Waals surface area contributed by atoms with E-state index in [9.17, 15) is 4.79 Å². The van der Waals surface area contributed by atoms with Gasteiger partial charge in [0.1, 0.15) is 6.33 Å². The van der Waals surface area contributed by atoms with Gasteiger partial charge in [0.25, 0.3) is 0 Å². The number of nitrogens with zero attached hydrogens (tertiary/aromatic N) is 4. The second-order valence-electron chi connectivity index (χ2n) is 2.35. The lowest BCUT2D eigenvalue weighted by Crippen LogP contribution is -1.99. The summed E-state index contributed by atoms with van der Waals surface area (Å²) in [6, 6.07) is 0. The summed E-state index contributed by atoms with van der Waals surface area (Å²) in [5.74, 6) is -0.478. The number of carbonyl (C=O) groups excluding carboxylic acids is 1. The van der Waals surface area contributed by atoms with E-state index in [1.807, 2.05) is 0 Å². The molecule has 2 heterocycles. The Hall–Kier alpha value is -1.76. The fourth-order valence-electron chi connectivity index (χ4n) is 0.862. The number of hydrogen-bond acceptors (Lipinski definition) is 6. The molecule has 0 spiro atoms. The molecular weight excluding hydrogens is 204 g/mol. The van der Waals surface area contributed by atoms with Gasteiger partial charge in [-0.15, -0.1) is 10.2 Å². The average molecular weight is 210 g/mol. The largest absolute Gasteiger partial charge is 0.464 e. The summed E-state index contributed by atoms with van der Waals surface area (Å²) in [5.41, 5.74) is 0. The number of aromatic nitrogens is 4. The first-order valence-corrected chi connectivity index (χ1v) is 4.53. The van der Waals surface area contributed by atoms with Gasteiger partial charge in [0.15, 0.2) is 0 Å². The molecule has 0 aliphatic carbocycles. The van der Waals surface area contributed by atoms with Crippen LogP contribution in [0.15, 0.2) is 18.7 Å². The molecule has 0 atom stereocenters. The number of methoxy groups -OCH3 is 1. The number of rotatable bonds is 2. The minimum absolute atomic E-state index is 0.233. The molecule has 0 aliphatic heterocycles. The maximum Gasteiger partial charge on any atom is 0.369 e. The van der Waals surface area contributed by atoms with Crippen LogP contribution in [0.4, 0.5) is 0 Å². The predicted molar refractivity (Wildman–Crippen MR) is 48.4 cm³/mol. The van der Waals surface area contributed by atoms with Crippen LogP contribution in [0.3, 0.4) is 0 Å². The van der Waals surface area contributed by atoms with Crippen molar-refractivity contribution in [3.05, 3.63) is 23.7 Å². The quantitative estimate of drug-likeness (QED) is 0.675. The van der Waals surface area contributed by atoms with E-state index in [1.54, 1.807) is 23.3 Å². The molecule has 14 heavy (non-hydrogen) atoms. The van der Waals surface area contributed by atoms with Gasteiger partial charge in [0.05, 0.1) is 7.11 Å². The number of ether oxygens (including phenoxy) is 1. The smallest absolute Gasteiger partial charge is 0.369 e. The third-order valence-corrected chi connectivity index (χ3v) is 2.42. The van der Waals surface area contributed by atoms with Crippen LogP contribution >= 0.6 is 11.3 Å². The zero-order valence-corrected chi connectivity index (χ0v) is 8.06. The van der Waals surface area contributed by atoms with Crippen molar-refractivity contribution in [1.29, 1.82) is 0 Å². The monoisotopic (exact) mass is 210 g/mol. The summed E-state index contributed by atoms with van der Waals surface area (Å²) in [7, 11) is 1.31. The summed E-state index contributed by atoms with van der Waals surface area (Å²) in [6.45, 7) is 0. The molecule has 0 unspecified atom stereocenters. The second-order valence-corrected chi connectivity index (χ2v) is 3.31. The molecule has 72 valence electrons. The molecule has 2 aromatic rings. The first-order chi connectivity index (χ1) is 6.81. The first-order valence-electron chi connectivity index (χ1n) is 3.71. The fourth-order valence-corrected chi connectivity index (χ4v) is 1.58. The highest BCUT2D eigenvalue weighted by atomic mass is 32.1. The van der Waals surface area contributed by atoms with Crippen LogP contribution in [0, 0.1) is 0 Å². The predicted octanol–water partition coefficient (Wildman–Crippen LogP) is 0.510. The third-order valence-electron chi connectivity index (χ3n) is 1.50. The van der Waals surface area contributed by atoms with Gasteiger partial charge in [0.2, 0.25) is 10.1 Å².